The molecule has 3 N–H and O–H groups in total. The van der Waals surface area contributed by atoms with Crippen LogP contribution in [0.15, 0.2) is 77.9 Å². The topological polar surface area (TPSA) is 112 Å². The van der Waals surface area contributed by atoms with Gasteiger partial charge in [0.15, 0.2) is 0 Å². The molecule has 12 aliphatic rings. The minimum Gasteiger partial charge on any atom is -0.389 e. The number of hydrogen-bond acceptors (Lipinski definition) is 6. The van der Waals surface area contributed by atoms with Crippen molar-refractivity contribution in [2.24, 2.45) is 85.8 Å². The number of fused-ring (bicyclic) bond motifs is 15. The van der Waals surface area contributed by atoms with E-state index in [2.05, 4.69) is 84.4 Å². The SMILES string of the molecule is C.C#CC1(O)CCC2(C)C(=CCC3C4CCC(=O)C4(C)CCC32)C1.C=CCC1(O)CCC2(C)C(=CCC3C4CCC(=O)C4(C)CCC32)C1.CC12CCC3C(CC=C4CC(O)(c5ccccc5)CCC43C)C1CCC2=O. The number of rotatable bonds is 3. The molecule has 408 valence electrons. The molecule has 1 aromatic carbocycles. The van der Waals surface area contributed by atoms with Gasteiger partial charge in [0, 0.05) is 48.3 Å². The largest absolute Gasteiger partial charge is 0.389 e. The zero-order valence-corrected chi connectivity index (χ0v) is 46.4. The highest BCUT2D eigenvalue weighted by molar-refractivity contribution is 5.88. The summed E-state index contributed by atoms with van der Waals surface area (Å²) in [5, 5.41) is 32.9. The molecule has 0 saturated heterocycles. The van der Waals surface area contributed by atoms with Gasteiger partial charge >= 0.3 is 0 Å². The molecule has 0 bridgehead atoms. The Kier molecular flexibility index (Phi) is 14.1. The van der Waals surface area contributed by atoms with E-state index in [0.29, 0.717) is 89.9 Å². The van der Waals surface area contributed by atoms with Gasteiger partial charge < -0.3 is 15.3 Å². The maximum atomic E-state index is 12.6. The Morgan fingerprint density at radius 3 is 1.33 bits per heavy atom. The maximum Gasteiger partial charge on any atom is 0.139 e. The second-order valence-electron chi connectivity index (χ2n) is 28.9. The van der Waals surface area contributed by atoms with E-state index in [1.165, 1.54) is 29.6 Å². The molecular weight excluding hydrogens is 925 g/mol. The summed E-state index contributed by atoms with van der Waals surface area (Å²) >= 11 is 0. The van der Waals surface area contributed by atoms with Crippen molar-refractivity contribution in [2.45, 2.75) is 226 Å². The fourth-order valence-electron chi connectivity index (χ4n) is 20.9. The van der Waals surface area contributed by atoms with E-state index in [4.69, 9.17) is 6.42 Å². The lowest BCUT2D eigenvalue weighted by atomic mass is 9.47. The summed E-state index contributed by atoms with van der Waals surface area (Å²) in [4.78, 5) is 37.4. The van der Waals surface area contributed by atoms with Gasteiger partial charge in [-0.2, -0.15) is 0 Å². The molecule has 12 aliphatic carbocycles. The molecule has 0 radical (unpaired) electrons. The Morgan fingerprint density at radius 2 is 0.907 bits per heavy atom. The van der Waals surface area contributed by atoms with Crippen LogP contribution in [0.5, 0.6) is 0 Å². The van der Waals surface area contributed by atoms with Crippen LogP contribution in [0.1, 0.15) is 215 Å². The molecule has 13 rings (SSSR count). The first-order valence-corrected chi connectivity index (χ1v) is 30.0. The van der Waals surface area contributed by atoms with Crippen LogP contribution in [0.4, 0.5) is 0 Å². The fraction of sp³-hybridized carbons (Fsp3) is 0.725. The number of ketones is 3. The lowest BCUT2D eigenvalue weighted by molar-refractivity contribution is -0.133. The average Bonchev–Trinajstić information content (AvgIpc) is 4.00. The summed E-state index contributed by atoms with van der Waals surface area (Å²) in [7, 11) is 0. The van der Waals surface area contributed by atoms with Gasteiger partial charge in [-0.15, -0.1) is 13.0 Å². The first-order valence-electron chi connectivity index (χ1n) is 30.0. The minimum atomic E-state index is -0.940. The normalized spacial score (nSPS) is 48.8. The summed E-state index contributed by atoms with van der Waals surface area (Å²) in [5.74, 6) is 9.93. The first-order chi connectivity index (χ1) is 35.0. The molecule has 75 heavy (non-hydrogen) atoms. The molecular formula is C69H96O6. The fourth-order valence-corrected chi connectivity index (χ4v) is 20.9. The molecule has 6 heteroatoms. The van der Waals surface area contributed by atoms with E-state index in [1.807, 2.05) is 24.3 Å². The Morgan fingerprint density at radius 1 is 0.520 bits per heavy atom. The van der Waals surface area contributed by atoms with Crippen molar-refractivity contribution < 1.29 is 29.7 Å². The Balaban J connectivity index is 0.000000128. The van der Waals surface area contributed by atoms with Crippen LogP contribution in [0.3, 0.4) is 0 Å². The van der Waals surface area contributed by atoms with Gasteiger partial charge in [-0.1, -0.05) is 126 Å². The van der Waals surface area contributed by atoms with E-state index in [-0.39, 0.29) is 39.9 Å². The molecule has 18 unspecified atom stereocenters. The highest BCUT2D eigenvalue weighted by Crippen LogP contribution is 2.68. The highest BCUT2D eigenvalue weighted by atomic mass is 16.3. The third kappa shape index (κ3) is 8.52. The van der Waals surface area contributed by atoms with E-state index >= 15 is 0 Å². The van der Waals surface area contributed by atoms with Crippen molar-refractivity contribution in [1.29, 1.82) is 0 Å². The first kappa shape index (κ1) is 55.0. The number of hydrogen-bond donors (Lipinski definition) is 3. The van der Waals surface area contributed by atoms with E-state index < -0.39 is 16.8 Å². The molecule has 0 amide bonds. The number of terminal acetylenes is 1. The van der Waals surface area contributed by atoms with Gasteiger partial charge in [0.2, 0.25) is 0 Å². The molecule has 0 aliphatic heterocycles. The van der Waals surface area contributed by atoms with Crippen LogP contribution < -0.4 is 0 Å². The number of benzene rings is 1. The second kappa shape index (κ2) is 19.2. The number of Topliss-reactive ketones (excluding diaryl/α,β-unsaturated/α-hetero) is 3. The molecule has 1 aromatic rings. The summed E-state index contributed by atoms with van der Waals surface area (Å²) < 4.78 is 0. The van der Waals surface area contributed by atoms with Crippen LogP contribution in [0, 0.1) is 98.1 Å². The molecule has 0 aromatic heterocycles. The second-order valence-corrected chi connectivity index (χ2v) is 28.9. The number of aliphatic hydroxyl groups is 3. The van der Waals surface area contributed by atoms with Crippen molar-refractivity contribution in [3.8, 4) is 12.3 Å². The van der Waals surface area contributed by atoms with Crippen molar-refractivity contribution in [3.05, 3.63) is 83.5 Å². The van der Waals surface area contributed by atoms with Gasteiger partial charge in [-0.05, 0) is 203 Å². The van der Waals surface area contributed by atoms with Gasteiger partial charge in [-0.25, -0.2) is 0 Å². The standard InChI is InChI=1S/C25H32O2.C22H32O2.C21H28O2.CH4/c1-23-14-15-25(27,17-6-4-3-5-7-17)16-18(23)8-9-19-20-10-11-22(26)24(20,2)13-12-21(19)23;1-4-10-22(24)13-12-20(2)15(14-22)5-6-16-17-7-8-19(23)21(17,3)11-9-18(16)20;1-4-21(23)12-11-19(2)14(13-21)5-6-15-16-7-8-18(22)20(16,3)10-9-17(15)19;/h3-8,19-21,27H,9-16H2,1-2H3;4-5,16-18,24H,1,6-14H2,2-3H3;1,5,15-17,23H,6-13H2,2-3H3;1H4. The predicted molar refractivity (Wildman–Crippen MR) is 301 cm³/mol. The molecule has 9 saturated carbocycles. The van der Waals surface area contributed by atoms with Crippen LogP contribution in [-0.2, 0) is 20.0 Å². The third-order valence-corrected chi connectivity index (χ3v) is 25.8. The monoisotopic (exact) mass is 1020 g/mol. The summed E-state index contributed by atoms with van der Waals surface area (Å²) in [5.41, 5.74) is 3.66. The number of carbonyl (C=O) groups is 3. The van der Waals surface area contributed by atoms with Crippen LogP contribution in [-0.4, -0.2) is 43.9 Å². The van der Waals surface area contributed by atoms with Crippen molar-refractivity contribution in [2.75, 3.05) is 0 Å². The summed E-state index contributed by atoms with van der Waals surface area (Å²) in [6, 6.07) is 10.2. The molecule has 0 spiro atoms. The highest BCUT2D eigenvalue weighted by Gasteiger charge is 2.63. The zero-order chi connectivity index (χ0) is 52.5. The Labute approximate surface area is 452 Å². The average molecular weight is 1020 g/mol. The van der Waals surface area contributed by atoms with Gasteiger partial charge in [0.05, 0.1) is 11.2 Å². The van der Waals surface area contributed by atoms with Crippen molar-refractivity contribution in [3.63, 3.8) is 0 Å². The minimum absolute atomic E-state index is 0. The Hall–Kier alpha value is -3.37. The van der Waals surface area contributed by atoms with E-state index in [9.17, 15) is 29.7 Å². The van der Waals surface area contributed by atoms with Crippen LogP contribution in [0.25, 0.3) is 0 Å². The zero-order valence-electron chi connectivity index (χ0n) is 46.4. The summed E-state index contributed by atoms with van der Waals surface area (Å²) in [6.07, 6.45) is 38.9. The molecule has 9 fully saturated rings. The molecule has 6 nitrogen and oxygen atoms in total. The lowest BCUT2D eigenvalue weighted by Crippen LogP contribution is -2.52. The van der Waals surface area contributed by atoms with Gasteiger partial charge in [0.1, 0.15) is 23.0 Å². The third-order valence-electron chi connectivity index (χ3n) is 25.8. The van der Waals surface area contributed by atoms with Gasteiger partial charge in [0.25, 0.3) is 0 Å². The lowest BCUT2D eigenvalue weighted by Gasteiger charge is -2.58. The van der Waals surface area contributed by atoms with E-state index in [0.717, 1.165) is 134 Å². The van der Waals surface area contributed by atoms with Crippen LogP contribution in [0.2, 0.25) is 0 Å². The maximum absolute atomic E-state index is 12.6. The summed E-state index contributed by atoms with van der Waals surface area (Å²) in [6.45, 7) is 17.8. The van der Waals surface area contributed by atoms with E-state index in [1.54, 1.807) is 0 Å². The van der Waals surface area contributed by atoms with Gasteiger partial charge in [-0.3, -0.25) is 14.4 Å². The number of carbonyl (C=O) groups excluding carboxylic acids is 3. The Bertz CT molecular complexity index is 2580. The van der Waals surface area contributed by atoms with Crippen molar-refractivity contribution in [1.82, 2.24) is 0 Å². The molecule has 18 atom stereocenters. The smallest absolute Gasteiger partial charge is 0.139 e. The van der Waals surface area contributed by atoms with Crippen LogP contribution >= 0.6 is 0 Å². The quantitative estimate of drug-likeness (QED) is 0.205. The number of allylic oxidation sites excluding steroid dienone is 3. The van der Waals surface area contributed by atoms with Crippen molar-refractivity contribution >= 4 is 17.3 Å². The predicted octanol–water partition coefficient (Wildman–Crippen LogP) is 14.8. The molecule has 0 heterocycles.